The molecule has 1 saturated heterocycles. The maximum absolute atomic E-state index is 14.3. The van der Waals surface area contributed by atoms with E-state index in [9.17, 15) is 13.8 Å². The molecule has 0 N–H and O–H groups in total. The summed E-state index contributed by atoms with van der Waals surface area (Å²) in [6, 6.07) is 0.246. The number of nitrogens with zero attached hydrogens (tertiary/aromatic N) is 2. The Labute approximate surface area is 435 Å². The summed E-state index contributed by atoms with van der Waals surface area (Å²) in [6.07, 6.45) is 36.2. The third-order valence-electron chi connectivity index (χ3n) is 13.9. The smallest absolute Gasteiger partial charge is 0.305 e. The number of hydrogen-bond donors (Lipinski definition) is 0. The van der Waals surface area contributed by atoms with Crippen molar-refractivity contribution in [1.82, 2.24) is 9.21 Å². The van der Waals surface area contributed by atoms with Crippen LogP contribution in [0.4, 0.5) is 0 Å². The topological polar surface area (TPSA) is 113 Å². The van der Waals surface area contributed by atoms with Gasteiger partial charge in [0.1, 0.15) is 0 Å². The minimum atomic E-state index is -1.01. The van der Waals surface area contributed by atoms with Crippen LogP contribution in [-0.4, -0.2) is 116 Å². The van der Waals surface area contributed by atoms with Crippen molar-refractivity contribution in [3.8, 4) is 0 Å². The van der Waals surface area contributed by atoms with E-state index < -0.39 is 11.0 Å². The Morgan fingerprint density at radius 3 is 1.26 bits per heavy atom. The molecule has 1 fully saturated rings. The molecule has 0 radical (unpaired) electrons. The van der Waals surface area contributed by atoms with Crippen molar-refractivity contribution < 1.29 is 42.2 Å². The molecule has 0 aromatic rings. The highest BCUT2D eigenvalue weighted by molar-refractivity contribution is 7.82. The molecule has 0 bridgehead atoms. The van der Waals surface area contributed by atoms with Crippen molar-refractivity contribution in [2.75, 3.05) is 72.1 Å². The lowest BCUT2D eigenvalue weighted by atomic mass is 9.95. The molecule has 1 heterocycles. The van der Waals surface area contributed by atoms with Gasteiger partial charge in [0, 0.05) is 57.6 Å². The molecule has 0 aromatic carbocycles. The van der Waals surface area contributed by atoms with Crippen molar-refractivity contribution in [3.63, 3.8) is 0 Å². The lowest BCUT2D eigenvalue weighted by Gasteiger charge is -2.36. The van der Waals surface area contributed by atoms with Gasteiger partial charge in [-0.05, 0) is 135 Å². The third kappa shape index (κ3) is 40.3. The number of rotatable bonds is 53. The number of hydrogen-bond acceptors (Lipinski definition) is 10. The first-order valence-corrected chi connectivity index (χ1v) is 31.2. The van der Waals surface area contributed by atoms with Crippen LogP contribution in [0.15, 0.2) is 0 Å². The zero-order chi connectivity index (χ0) is 51.0. The predicted molar refractivity (Wildman–Crippen MR) is 292 cm³/mol. The lowest BCUT2D eigenvalue weighted by molar-refractivity contribution is -0.149. The summed E-state index contributed by atoms with van der Waals surface area (Å²) in [6.45, 7) is 18.0. The van der Waals surface area contributed by atoms with E-state index in [-0.39, 0.29) is 30.6 Å². The molecule has 1 atom stereocenters. The largest absolute Gasteiger partial charge is 0.466 e. The van der Waals surface area contributed by atoms with Crippen molar-refractivity contribution in [2.24, 2.45) is 5.92 Å². The Kier molecular flexibility index (Phi) is 47.8. The van der Waals surface area contributed by atoms with Gasteiger partial charge in [-0.25, -0.2) is 8.51 Å². The Morgan fingerprint density at radius 1 is 0.471 bits per heavy atom. The fourth-order valence-corrected chi connectivity index (χ4v) is 10.8. The molecule has 70 heavy (non-hydrogen) atoms. The maximum Gasteiger partial charge on any atom is 0.305 e. The molecule has 12 heteroatoms. The molecule has 0 amide bonds. The van der Waals surface area contributed by atoms with Crippen LogP contribution in [-0.2, 0) is 49.0 Å². The Morgan fingerprint density at radius 2 is 0.829 bits per heavy atom. The second-order valence-corrected chi connectivity index (χ2v) is 22.1. The van der Waals surface area contributed by atoms with E-state index in [2.05, 4.69) is 50.9 Å². The molecule has 1 aliphatic rings. The first-order valence-electron chi connectivity index (χ1n) is 29.9. The van der Waals surface area contributed by atoms with E-state index in [1.807, 2.05) is 0 Å². The fraction of sp³-hybridized carbons (Fsp3) is 0.966. The molecule has 1 aliphatic heterocycles. The Hall–Kier alpha value is -1.15. The third-order valence-corrected chi connectivity index (χ3v) is 15.5. The summed E-state index contributed by atoms with van der Waals surface area (Å²) in [5, 5.41) is 0. The minimum absolute atomic E-state index is 0.113. The van der Waals surface area contributed by atoms with E-state index in [0.717, 1.165) is 193 Å². The van der Waals surface area contributed by atoms with Gasteiger partial charge >= 0.3 is 11.9 Å². The van der Waals surface area contributed by atoms with Gasteiger partial charge in [0.05, 0.1) is 24.2 Å². The van der Waals surface area contributed by atoms with E-state index >= 15 is 0 Å². The van der Waals surface area contributed by atoms with Gasteiger partial charge in [0.2, 0.25) is 0 Å². The van der Waals surface area contributed by atoms with E-state index in [4.69, 9.17) is 28.4 Å². The standard InChI is InChI=1S/C58H114N2O9S/c1-7-12-17-18-19-34-51-70(63)60(52-53-41-43-59(6)44-42-53)54(35-22-20-32-45-64-55(61)37-24-26-39-57(66-47-28-13-8-2)67-48-29-14-9-3)36-23-21-33-46-65-56(62)38-25-27-40-58(68-49-30-15-10-4)69-50-31-16-11-5/h53-54,57-58H,7-52H2,1-6H3. The average molecular weight is 1020 g/mol. The molecule has 0 spiro atoms. The molecule has 1 rings (SSSR count). The van der Waals surface area contributed by atoms with Gasteiger partial charge in [0.15, 0.2) is 12.6 Å². The van der Waals surface area contributed by atoms with Crippen molar-refractivity contribution in [1.29, 1.82) is 0 Å². The van der Waals surface area contributed by atoms with E-state index in [1.165, 1.54) is 77.0 Å². The van der Waals surface area contributed by atoms with Gasteiger partial charge in [-0.3, -0.25) is 9.59 Å². The Bertz CT molecular complexity index is 1090. The molecular formula is C58H114N2O9S. The summed E-state index contributed by atoms with van der Waals surface area (Å²) in [5.74, 6) is 1.09. The van der Waals surface area contributed by atoms with Crippen molar-refractivity contribution in [3.05, 3.63) is 0 Å². The van der Waals surface area contributed by atoms with Gasteiger partial charge in [-0.2, -0.15) is 0 Å². The van der Waals surface area contributed by atoms with Crippen LogP contribution in [0, 0.1) is 5.92 Å². The van der Waals surface area contributed by atoms with Crippen LogP contribution in [0.3, 0.4) is 0 Å². The summed E-state index contributed by atoms with van der Waals surface area (Å²) in [7, 11) is 1.20. The number of esters is 2. The van der Waals surface area contributed by atoms with Crippen LogP contribution < -0.4 is 0 Å². The SMILES string of the molecule is CCCCCCCCS(=O)N(CC1CCN(C)CC1)C(CCCCCOC(=O)CCCCC(OCCCCC)OCCCCC)CCCCCOC(=O)CCCCC(OCCCCC)OCCCCC. The molecule has 1 unspecified atom stereocenters. The predicted octanol–water partition coefficient (Wildman–Crippen LogP) is 14.8. The van der Waals surface area contributed by atoms with Crippen molar-refractivity contribution >= 4 is 22.9 Å². The van der Waals surface area contributed by atoms with E-state index in [1.54, 1.807) is 0 Å². The minimum Gasteiger partial charge on any atom is -0.466 e. The van der Waals surface area contributed by atoms with Crippen LogP contribution >= 0.6 is 0 Å². The van der Waals surface area contributed by atoms with Crippen molar-refractivity contribution in [2.45, 2.75) is 284 Å². The average Bonchev–Trinajstić information content (AvgIpc) is 3.36. The normalized spacial score (nSPS) is 14.2. The number of carbonyl (C=O) groups excluding carboxylic acids is 2. The Balaban J connectivity index is 2.68. The molecule has 416 valence electrons. The molecule has 0 aromatic heterocycles. The van der Waals surface area contributed by atoms with Crippen LogP contribution in [0.5, 0.6) is 0 Å². The quantitative estimate of drug-likeness (QED) is 0.0332. The highest BCUT2D eigenvalue weighted by Gasteiger charge is 2.28. The second kappa shape index (κ2) is 50.0. The van der Waals surface area contributed by atoms with Crippen LogP contribution in [0.25, 0.3) is 0 Å². The molecule has 0 aliphatic carbocycles. The number of carbonyl (C=O) groups is 2. The number of unbranched alkanes of at least 4 members (excludes halogenated alkanes) is 19. The molecular weight excluding hydrogens is 901 g/mol. The van der Waals surface area contributed by atoms with Gasteiger partial charge in [-0.1, -0.05) is 144 Å². The second-order valence-electron chi connectivity index (χ2n) is 20.6. The highest BCUT2D eigenvalue weighted by Crippen LogP contribution is 2.26. The summed E-state index contributed by atoms with van der Waals surface area (Å²) >= 11 is 0. The highest BCUT2D eigenvalue weighted by atomic mass is 32.2. The molecule has 11 nitrogen and oxygen atoms in total. The van der Waals surface area contributed by atoms with E-state index in [0.29, 0.717) is 32.0 Å². The lowest BCUT2D eigenvalue weighted by Crippen LogP contribution is -2.43. The van der Waals surface area contributed by atoms with Gasteiger partial charge in [0.25, 0.3) is 0 Å². The van der Waals surface area contributed by atoms with Gasteiger partial charge < -0.3 is 33.3 Å². The number of likely N-dealkylation sites (tertiary alicyclic amines) is 1. The first-order chi connectivity index (χ1) is 34.3. The first kappa shape index (κ1) is 66.9. The van der Waals surface area contributed by atoms with Crippen LogP contribution in [0.2, 0.25) is 0 Å². The van der Waals surface area contributed by atoms with Gasteiger partial charge in [-0.15, -0.1) is 0 Å². The number of ether oxygens (including phenoxy) is 6. The zero-order valence-electron chi connectivity index (χ0n) is 46.8. The summed E-state index contributed by atoms with van der Waals surface area (Å²) in [5.41, 5.74) is 0. The maximum atomic E-state index is 14.3. The van der Waals surface area contributed by atoms with Crippen LogP contribution in [0.1, 0.15) is 266 Å². The molecule has 0 saturated carbocycles. The number of piperidine rings is 1. The summed E-state index contributed by atoms with van der Waals surface area (Å²) < 4.78 is 52.3. The monoisotopic (exact) mass is 1010 g/mol. The fourth-order valence-electron chi connectivity index (χ4n) is 9.14. The zero-order valence-corrected chi connectivity index (χ0v) is 47.6. The summed E-state index contributed by atoms with van der Waals surface area (Å²) in [4.78, 5) is 27.8.